The largest absolute Gasteiger partial charge is 0.496 e. The third-order valence-electron chi connectivity index (χ3n) is 3.32. The summed E-state index contributed by atoms with van der Waals surface area (Å²) in [5.74, 6) is 2.43. The smallest absolute Gasteiger partial charge is 0.161 e. The molecule has 5 heteroatoms. The molecule has 0 bridgehead atoms. The van der Waals surface area contributed by atoms with Crippen molar-refractivity contribution in [3.8, 4) is 17.2 Å². The monoisotopic (exact) mass is 412 g/mol. The molecule has 0 fully saturated rings. The highest BCUT2D eigenvalue weighted by molar-refractivity contribution is 9.10. The molecule has 21 heavy (non-hydrogen) atoms. The molecule has 1 atom stereocenters. The molecule has 0 spiro atoms. The molecule has 3 nitrogen and oxygen atoms in total. The molecule has 3 rings (SSSR count). The molecule has 1 unspecified atom stereocenters. The predicted octanol–water partition coefficient (Wildman–Crippen LogP) is 4.71. The van der Waals surface area contributed by atoms with Gasteiger partial charge < -0.3 is 14.2 Å². The SMILES string of the molecule is COc1ccc(Br)cc1C(Br)c1ccc2c(c1)OCCO2. The van der Waals surface area contributed by atoms with Crippen LogP contribution in [-0.4, -0.2) is 20.3 Å². The molecule has 2 aromatic carbocycles. The van der Waals surface area contributed by atoms with Crippen LogP contribution in [0.5, 0.6) is 17.2 Å². The third kappa shape index (κ3) is 3.04. The zero-order valence-electron chi connectivity index (χ0n) is 11.4. The number of benzene rings is 2. The maximum absolute atomic E-state index is 5.64. The van der Waals surface area contributed by atoms with Crippen molar-refractivity contribution in [3.63, 3.8) is 0 Å². The molecule has 110 valence electrons. The molecule has 0 aromatic heterocycles. The van der Waals surface area contributed by atoms with E-state index in [2.05, 4.69) is 37.9 Å². The lowest BCUT2D eigenvalue weighted by Crippen LogP contribution is -2.15. The third-order valence-corrected chi connectivity index (χ3v) is 4.84. The zero-order valence-corrected chi connectivity index (χ0v) is 14.6. The second kappa shape index (κ2) is 6.28. The van der Waals surface area contributed by atoms with Gasteiger partial charge in [-0.3, -0.25) is 0 Å². The minimum atomic E-state index is 0.0146. The van der Waals surface area contributed by atoms with Crippen molar-refractivity contribution in [1.82, 2.24) is 0 Å². The first-order valence-electron chi connectivity index (χ1n) is 6.56. The highest BCUT2D eigenvalue weighted by Crippen LogP contribution is 2.41. The summed E-state index contributed by atoms with van der Waals surface area (Å²) in [4.78, 5) is 0.0146. The maximum Gasteiger partial charge on any atom is 0.161 e. The van der Waals surface area contributed by atoms with Gasteiger partial charge in [0.1, 0.15) is 19.0 Å². The summed E-state index contributed by atoms with van der Waals surface area (Å²) in [6, 6.07) is 12.0. The molecule has 0 saturated heterocycles. The highest BCUT2D eigenvalue weighted by atomic mass is 79.9. The summed E-state index contributed by atoms with van der Waals surface area (Å²) in [5.41, 5.74) is 2.15. The quantitative estimate of drug-likeness (QED) is 0.681. The Hall–Kier alpha value is -1.20. The summed E-state index contributed by atoms with van der Waals surface area (Å²) in [7, 11) is 1.68. The number of rotatable bonds is 3. The molecular weight excluding hydrogens is 400 g/mol. The van der Waals surface area contributed by atoms with Gasteiger partial charge in [-0.1, -0.05) is 37.9 Å². The van der Waals surface area contributed by atoms with E-state index in [1.54, 1.807) is 7.11 Å². The fourth-order valence-electron chi connectivity index (χ4n) is 2.30. The van der Waals surface area contributed by atoms with Gasteiger partial charge in [-0.15, -0.1) is 0 Å². The van der Waals surface area contributed by atoms with Crippen LogP contribution >= 0.6 is 31.9 Å². The molecule has 1 aliphatic rings. The van der Waals surface area contributed by atoms with Gasteiger partial charge in [0, 0.05) is 10.0 Å². The fourth-order valence-corrected chi connectivity index (χ4v) is 3.32. The van der Waals surface area contributed by atoms with E-state index >= 15 is 0 Å². The first kappa shape index (κ1) is 14.7. The lowest BCUT2D eigenvalue weighted by atomic mass is 10.0. The lowest BCUT2D eigenvalue weighted by Gasteiger charge is -2.21. The zero-order chi connectivity index (χ0) is 14.8. The second-order valence-corrected chi connectivity index (χ2v) is 6.48. The first-order chi connectivity index (χ1) is 10.2. The van der Waals surface area contributed by atoms with E-state index < -0.39 is 0 Å². The van der Waals surface area contributed by atoms with Gasteiger partial charge in [0.2, 0.25) is 0 Å². The second-order valence-electron chi connectivity index (χ2n) is 4.65. The van der Waals surface area contributed by atoms with Gasteiger partial charge in [0.25, 0.3) is 0 Å². The molecule has 1 aliphatic heterocycles. The number of ether oxygens (including phenoxy) is 3. The number of halogens is 2. The predicted molar refractivity (Wildman–Crippen MR) is 88.9 cm³/mol. The number of hydrogen-bond acceptors (Lipinski definition) is 3. The summed E-state index contributed by atoms with van der Waals surface area (Å²) >= 11 is 7.26. The minimum absolute atomic E-state index is 0.0146. The van der Waals surface area contributed by atoms with Crippen LogP contribution in [0.4, 0.5) is 0 Å². The van der Waals surface area contributed by atoms with E-state index in [0.717, 1.165) is 32.8 Å². The molecule has 1 heterocycles. The van der Waals surface area contributed by atoms with E-state index in [4.69, 9.17) is 14.2 Å². The molecule has 0 N–H and O–H groups in total. The van der Waals surface area contributed by atoms with Crippen LogP contribution < -0.4 is 14.2 Å². The van der Waals surface area contributed by atoms with Gasteiger partial charge in [-0.05, 0) is 35.9 Å². The summed E-state index contributed by atoms with van der Waals surface area (Å²) in [5, 5.41) is 0. The Balaban J connectivity index is 1.98. The Labute approximate surface area is 140 Å². The minimum Gasteiger partial charge on any atom is -0.496 e. The van der Waals surface area contributed by atoms with Gasteiger partial charge in [-0.2, -0.15) is 0 Å². The number of hydrogen-bond donors (Lipinski definition) is 0. The van der Waals surface area contributed by atoms with E-state index in [0.29, 0.717) is 13.2 Å². The van der Waals surface area contributed by atoms with Crippen LogP contribution in [0.2, 0.25) is 0 Å². The summed E-state index contributed by atoms with van der Waals surface area (Å²) < 4.78 is 17.7. The van der Waals surface area contributed by atoms with Crippen molar-refractivity contribution >= 4 is 31.9 Å². The van der Waals surface area contributed by atoms with Crippen LogP contribution in [-0.2, 0) is 0 Å². The van der Waals surface area contributed by atoms with Crippen LogP contribution in [0, 0.1) is 0 Å². The number of methoxy groups -OCH3 is 1. The van der Waals surface area contributed by atoms with E-state index in [1.165, 1.54) is 0 Å². The molecule has 0 radical (unpaired) electrons. The normalized spacial score (nSPS) is 14.6. The van der Waals surface area contributed by atoms with Crippen molar-refractivity contribution in [3.05, 3.63) is 52.0 Å². The standard InChI is InChI=1S/C16H14Br2O3/c1-19-13-5-3-11(17)9-12(13)16(18)10-2-4-14-15(8-10)21-7-6-20-14/h2-5,8-9,16H,6-7H2,1H3. The summed E-state index contributed by atoms with van der Waals surface area (Å²) in [6.07, 6.45) is 0. The number of fused-ring (bicyclic) bond motifs is 1. The Morgan fingerprint density at radius 1 is 1.05 bits per heavy atom. The molecular formula is C16H14Br2O3. The Kier molecular flexibility index (Phi) is 4.40. The average molecular weight is 414 g/mol. The Morgan fingerprint density at radius 2 is 1.81 bits per heavy atom. The molecule has 0 saturated carbocycles. The average Bonchev–Trinajstić information content (AvgIpc) is 2.53. The molecule has 0 amide bonds. The van der Waals surface area contributed by atoms with Crippen LogP contribution in [0.15, 0.2) is 40.9 Å². The van der Waals surface area contributed by atoms with Gasteiger partial charge in [0.05, 0.1) is 11.9 Å². The van der Waals surface area contributed by atoms with Crippen LogP contribution in [0.1, 0.15) is 16.0 Å². The van der Waals surface area contributed by atoms with Crippen molar-refractivity contribution in [2.45, 2.75) is 4.83 Å². The lowest BCUT2D eigenvalue weighted by molar-refractivity contribution is 0.171. The molecule has 0 aliphatic carbocycles. The van der Waals surface area contributed by atoms with Gasteiger partial charge in [-0.25, -0.2) is 0 Å². The van der Waals surface area contributed by atoms with E-state index in [9.17, 15) is 0 Å². The highest BCUT2D eigenvalue weighted by Gasteiger charge is 2.19. The van der Waals surface area contributed by atoms with E-state index in [-0.39, 0.29) is 4.83 Å². The van der Waals surface area contributed by atoms with Gasteiger partial charge >= 0.3 is 0 Å². The van der Waals surface area contributed by atoms with Gasteiger partial charge in [0.15, 0.2) is 11.5 Å². The topological polar surface area (TPSA) is 27.7 Å². The van der Waals surface area contributed by atoms with E-state index in [1.807, 2.05) is 30.3 Å². The molecule has 2 aromatic rings. The first-order valence-corrected chi connectivity index (χ1v) is 8.27. The summed E-state index contributed by atoms with van der Waals surface area (Å²) in [6.45, 7) is 1.19. The van der Waals surface area contributed by atoms with Crippen molar-refractivity contribution < 1.29 is 14.2 Å². The Morgan fingerprint density at radius 3 is 2.57 bits per heavy atom. The van der Waals surface area contributed by atoms with Crippen molar-refractivity contribution in [1.29, 1.82) is 0 Å². The Bertz CT molecular complexity index is 658. The maximum atomic E-state index is 5.64. The van der Waals surface area contributed by atoms with Crippen LogP contribution in [0.3, 0.4) is 0 Å². The fraction of sp³-hybridized carbons (Fsp3) is 0.250. The van der Waals surface area contributed by atoms with Crippen molar-refractivity contribution in [2.24, 2.45) is 0 Å². The number of alkyl halides is 1. The van der Waals surface area contributed by atoms with Crippen molar-refractivity contribution in [2.75, 3.05) is 20.3 Å². The van der Waals surface area contributed by atoms with Crippen LogP contribution in [0.25, 0.3) is 0 Å².